The first-order chi connectivity index (χ1) is 6.42. The minimum atomic E-state index is 0.334. The summed E-state index contributed by atoms with van der Waals surface area (Å²) in [6, 6.07) is 5.94. The van der Waals surface area contributed by atoms with E-state index < -0.39 is 0 Å². The van der Waals surface area contributed by atoms with E-state index in [2.05, 4.69) is 10.3 Å². The van der Waals surface area contributed by atoms with Gasteiger partial charge < -0.3 is 5.32 Å². The van der Waals surface area contributed by atoms with Gasteiger partial charge in [0.2, 0.25) is 0 Å². The zero-order valence-electron chi connectivity index (χ0n) is 6.82. The first-order valence-corrected chi connectivity index (χ1v) is 4.73. The molecule has 2 heterocycles. The van der Waals surface area contributed by atoms with Crippen LogP contribution in [-0.2, 0) is 0 Å². The topological polar surface area (TPSA) is 48.7 Å². The number of thiophene rings is 1. The van der Waals surface area contributed by atoms with E-state index in [0.717, 1.165) is 15.9 Å². The first-order valence-electron chi connectivity index (χ1n) is 3.85. The molecule has 64 valence electrons. The van der Waals surface area contributed by atoms with Gasteiger partial charge in [0.1, 0.15) is 11.4 Å². The molecule has 0 radical (unpaired) electrons. The third-order valence-corrected chi connectivity index (χ3v) is 2.61. The van der Waals surface area contributed by atoms with Crippen molar-refractivity contribution < 1.29 is 0 Å². The Hall–Kier alpha value is -1.60. The van der Waals surface area contributed by atoms with Crippen LogP contribution in [0.15, 0.2) is 23.7 Å². The van der Waals surface area contributed by atoms with Crippen LogP contribution in [0.2, 0.25) is 0 Å². The third kappa shape index (κ3) is 1.46. The maximum absolute atomic E-state index is 8.41. The van der Waals surface area contributed by atoms with E-state index in [0.29, 0.717) is 6.54 Å². The molecule has 0 aliphatic rings. The molecule has 0 saturated carbocycles. The van der Waals surface area contributed by atoms with E-state index in [-0.39, 0.29) is 0 Å². The molecule has 0 unspecified atom stereocenters. The monoisotopic (exact) mass is 189 g/mol. The lowest BCUT2D eigenvalue weighted by atomic mass is 10.3. The molecule has 0 aromatic carbocycles. The van der Waals surface area contributed by atoms with Gasteiger partial charge in [0.05, 0.1) is 11.8 Å². The molecule has 0 atom stereocenters. The Morgan fingerprint density at radius 1 is 1.62 bits per heavy atom. The van der Waals surface area contributed by atoms with E-state index >= 15 is 0 Å². The maximum atomic E-state index is 8.41. The average molecular weight is 189 g/mol. The molecule has 0 aliphatic carbocycles. The van der Waals surface area contributed by atoms with Crippen molar-refractivity contribution in [1.29, 1.82) is 5.26 Å². The molecule has 0 amide bonds. The van der Waals surface area contributed by atoms with E-state index in [9.17, 15) is 0 Å². The number of fused-ring (bicyclic) bond motifs is 1. The Balaban J connectivity index is 2.41. The second-order valence-corrected chi connectivity index (χ2v) is 3.38. The molecular weight excluding hydrogens is 182 g/mol. The van der Waals surface area contributed by atoms with Crippen molar-refractivity contribution in [2.75, 3.05) is 11.9 Å². The summed E-state index contributed by atoms with van der Waals surface area (Å²) in [5, 5.41) is 14.5. The van der Waals surface area contributed by atoms with Crippen LogP contribution in [0.5, 0.6) is 0 Å². The highest BCUT2D eigenvalue weighted by atomic mass is 32.1. The fraction of sp³-hybridized carbons (Fsp3) is 0.111. The zero-order chi connectivity index (χ0) is 9.10. The standard InChI is InChI=1S/C9H7N3S/c10-3-5-11-8-6-13-9-7(8)2-1-4-12-9/h1-2,4,6,11H,5H2. The fourth-order valence-corrected chi connectivity index (χ4v) is 2.01. The Morgan fingerprint density at radius 2 is 2.54 bits per heavy atom. The van der Waals surface area contributed by atoms with Crippen LogP contribution in [0.3, 0.4) is 0 Å². The summed E-state index contributed by atoms with van der Waals surface area (Å²) in [7, 11) is 0. The minimum absolute atomic E-state index is 0.334. The Bertz CT molecular complexity index is 455. The van der Waals surface area contributed by atoms with Crippen molar-refractivity contribution >= 4 is 27.2 Å². The van der Waals surface area contributed by atoms with E-state index in [4.69, 9.17) is 5.26 Å². The number of nitrogens with one attached hydrogen (secondary N) is 1. The van der Waals surface area contributed by atoms with Crippen LogP contribution in [0.1, 0.15) is 0 Å². The highest BCUT2D eigenvalue weighted by molar-refractivity contribution is 7.17. The lowest BCUT2D eigenvalue weighted by molar-refractivity contribution is 1.33. The Labute approximate surface area is 79.6 Å². The molecule has 0 spiro atoms. The fourth-order valence-electron chi connectivity index (χ4n) is 1.14. The second kappa shape index (κ2) is 3.42. The van der Waals surface area contributed by atoms with Gasteiger partial charge in [-0.25, -0.2) is 4.98 Å². The third-order valence-electron chi connectivity index (χ3n) is 1.71. The van der Waals surface area contributed by atoms with Crippen LogP contribution < -0.4 is 5.32 Å². The molecule has 13 heavy (non-hydrogen) atoms. The van der Waals surface area contributed by atoms with Crippen molar-refractivity contribution in [2.24, 2.45) is 0 Å². The molecule has 3 nitrogen and oxygen atoms in total. The van der Waals surface area contributed by atoms with Gasteiger partial charge in [0.25, 0.3) is 0 Å². The summed E-state index contributed by atoms with van der Waals surface area (Å²) >= 11 is 1.58. The molecule has 2 aromatic heterocycles. The normalized spacial score (nSPS) is 9.77. The summed E-state index contributed by atoms with van der Waals surface area (Å²) in [5.41, 5.74) is 0.995. The van der Waals surface area contributed by atoms with Crippen molar-refractivity contribution in [3.8, 4) is 6.07 Å². The second-order valence-electron chi connectivity index (χ2n) is 2.52. The number of nitriles is 1. The highest BCUT2D eigenvalue weighted by Crippen LogP contribution is 2.27. The predicted octanol–water partition coefficient (Wildman–Crippen LogP) is 2.23. The molecule has 0 aliphatic heterocycles. The summed E-state index contributed by atoms with van der Waals surface area (Å²) in [6.45, 7) is 0.334. The maximum Gasteiger partial charge on any atom is 0.125 e. The minimum Gasteiger partial charge on any atom is -0.371 e. The van der Waals surface area contributed by atoms with Crippen LogP contribution in [0.4, 0.5) is 5.69 Å². The molecular formula is C9H7N3S. The average Bonchev–Trinajstić information content (AvgIpc) is 2.58. The van der Waals surface area contributed by atoms with Crippen molar-refractivity contribution in [3.63, 3.8) is 0 Å². The Morgan fingerprint density at radius 3 is 3.38 bits per heavy atom. The van der Waals surface area contributed by atoms with Gasteiger partial charge in [-0.05, 0) is 12.1 Å². The van der Waals surface area contributed by atoms with E-state index in [1.54, 1.807) is 17.5 Å². The summed E-state index contributed by atoms with van der Waals surface area (Å²) in [5.74, 6) is 0. The molecule has 0 saturated heterocycles. The lowest BCUT2D eigenvalue weighted by Gasteiger charge is -1.97. The first kappa shape index (κ1) is 8.02. The number of pyridine rings is 1. The number of nitrogens with zero attached hydrogens (tertiary/aromatic N) is 2. The number of aromatic nitrogens is 1. The van der Waals surface area contributed by atoms with Crippen LogP contribution in [0.25, 0.3) is 10.2 Å². The quantitative estimate of drug-likeness (QED) is 0.737. The van der Waals surface area contributed by atoms with Crippen LogP contribution in [0, 0.1) is 11.3 Å². The summed E-state index contributed by atoms with van der Waals surface area (Å²) < 4.78 is 0. The van der Waals surface area contributed by atoms with Crippen molar-refractivity contribution in [1.82, 2.24) is 4.98 Å². The van der Waals surface area contributed by atoms with Crippen LogP contribution >= 0.6 is 11.3 Å². The van der Waals surface area contributed by atoms with Gasteiger partial charge >= 0.3 is 0 Å². The number of rotatable bonds is 2. The number of hydrogen-bond acceptors (Lipinski definition) is 4. The summed E-state index contributed by atoms with van der Waals surface area (Å²) in [4.78, 5) is 5.21. The Kier molecular flexibility index (Phi) is 2.11. The summed E-state index contributed by atoms with van der Waals surface area (Å²) in [6.07, 6.45) is 1.77. The number of anilines is 1. The molecule has 2 aromatic rings. The highest BCUT2D eigenvalue weighted by Gasteiger charge is 2.01. The van der Waals surface area contributed by atoms with Gasteiger partial charge in [-0.1, -0.05) is 0 Å². The molecule has 0 fully saturated rings. The SMILES string of the molecule is N#CCNc1csc2ncccc12. The van der Waals surface area contributed by atoms with Crippen LogP contribution in [-0.4, -0.2) is 11.5 Å². The van der Waals surface area contributed by atoms with Gasteiger partial charge in [-0.2, -0.15) is 5.26 Å². The molecule has 2 rings (SSSR count). The van der Waals surface area contributed by atoms with E-state index in [1.807, 2.05) is 23.6 Å². The molecule has 1 N–H and O–H groups in total. The van der Waals surface area contributed by atoms with Gasteiger partial charge in [-0.15, -0.1) is 11.3 Å². The van der Waals surface area contributed by atoms with E-state index in [1.165, 1.54) is 0 Å². The molecule has 0 bridgehead atoms. The largest absolute Gasteiger partial charge is 0.371 e. The lowest BCUT2D eigenvalue weighted by Crippen LogP contribution is -1.96. The predicted molar refractivity (Wildman–Crippen MR) is 53.7 cm³/mol. The molecule has 4 heteroatoms. The smallest absolute Gasteiger partial charge is 0.125 e. The van der Waals surface area contributed by atoms with Gasteiger partial charge in [0.15, 0.2) is 0 Å². The van der Waals surface area contributed by atoms with Gasteiger partial charge in [0, 0.05) is 17.0 Å². The zero-order valence-corrected chi connectivity index (χ0v) is 7.64. The van der Waals surface area contributed by atoms with Gasteiger partial charge in [-0.3, -0.25) is 0 Å². The van der Waals surface area contributed by atoms with Crippen molar-refractivity contribution in [2.45, 2.75) is 0 Å². The number of hydrogen-bond donors (Lipinski definition) is 1. The van der Waals surface area contributed by atoms with Crippen molar-refractivity contribution in [3.05, 3.63) is 23.7 Å².